The number of nitrogens with one attached hydrogen (secondary N) is 2. The Labute approximate surface area is 141 Å². The Bertz CT molecular complexity index is 552. The van der Waals surface area contributed by atoms with Crippen LogP contribution in [0.1, 0.15) is 31.2 Å². The second-order valence-corrected chi connectivity index (χ2v) is 6.84. The molecular formula is C18H25F2N3O. The summed E-state index contributed by atoms with van der Waals surface area (Å²) in [7, 11) is 0. The van der Waals surface area contributed by atoms with Crippen LogP contribution in [-0.2, 0) is 11.3 Å². The summed E-state index contributed by atoms with van der Waals surface area (Å²) in [6.07, 6.45) is 2.93. The van der Waals surface area contributed by atoms with Crippen LogP contribution in [0.15, 0.2) is 30.3 Å². The zero-order valence-corrected chi connectivity index (χ0v) is 13.8. The minimum Gasteiger partial charge on any atom is -0.353 e. The number of carbonyl (C=O) groups is 1. The number of piperidine rings is 1. The molecule has 1 aromatic rings. The Kier molecular flexibility index (Phi) is 5.46. The van der Waals surface area contributed by atoms with E-state index >= 15 is 0 Å². The first kappa shape index (κ1) is 17.3. The van der Waals surface area contributed by atoms with E-state index in [2.05, 4.69) is 27.7 Å². The van der Waals surface area contributed by atoms with Crippen molar-refractivity contribution in [2.24, 2.45) is 0 Å². The van der Waals surface area contributed by atoms with Gasteiger partial charge in [-0.15, -0.1) is 0 Å². The van der Waals surface area contributed by atoms with Crippen LogP contribution in [-0.4, -0.2) is 48.4 Å². The average Bonchev–Trinajstić information content (AvgIpc) is 2.95. The lowest BCUT2D eigenvalue weighted by atomic mass is 10.0. The van der Waals surface area contributed by atoms with Gasteiger partial charge in [-0.1, -0.05) is 36.8 Å². The van der Waals surface area contributed by atoms with Gasteiger partial charge in [0.05, 0.1) is 12.6 Å². The third kappa shape index (κ3) is 4.51. The zero-order valence-electron chi connectivity index (χ0n) is 13.8. The van der Waals surface area contributed by atoms with Crippen molar-refractivity contribution in [1.29, 1.82) is 0 Å². The van der Waals surface area contributed by atoms with E-state index in [4.69, 9.17) is 0 Å². The minimum absolute atomic E-state index is 0.268. The number of halogens is 2. The van der Waals surface area contributed by atoms with Crippen molar-refractivity contribution in [3.8, 4) is 0 Å². The molecule has 0 aromatic heterocycles. The van der Waals surface area contributed by atoms with E-state index in [0.717, 1.165) is 32.4 Å². The van der Waals surface area contributed by atoms with Crippen molar-refractivity contribution in [3.63, 3.8) is 0 Å². The van der Waals surface area contributed by atoms with E-state index in [0.29, 0.717) is 6.54 Å². The molecule has 3 rings (SSSR count). The van der Waals surface area contributed by atoms with E-state index in [1.165, 1.54) is 5.56 Å². The molecule has 1 amide bonds. The highest BCUT2D eigenvalue weighted by Crippen LogP contribution is 2.25. The Morgan fingerprint density at radius 1 is 1.29 bits per heavy atom. The van der Waals surface area contributed by atoms with E-state index in [-0.39, 0.29) is 11.9 Å². The second-order valence-electron chi connectivity index (χ2n) is 6.84. The van der Waals surface area contributed by atoms with Gasteiger partial charge >= 0.3 is 0 Å². The Morgan fingerprint density at radius 2 is 2.08 bits per heavy atom. The number of alkyl halides is 2. The van der Waals surface area contributed by atoms with Crippen molar-refractivity contribution in [1.82, 2.24) is 15.5 Å². The lowest BCUT2D eigenvalue weighted by Crippen LogP contribution is -2.49. The minimum atomic E-state index is -2.77. The van der Waals surface area contributed by atoms with Crippen LogP contribution in [0.5, 0.6) is 0 Å². The summed E-state index contributed by atoms with van der Waals surface area (Å²) in [6.45, 7) is 1.99. The van der Waals surface area contributed by atoms with Crippen molar-refractivity contribution in [2.45, 2.75) is 50.2 Å². The molecule has 0 aliphatic carbocycles. The van der Waals surface area contributed by atoms with Gasteiger partial charge in [0, 0.05) is 25.6 Å². The molecule has 24 heavy (non-hydrogen) atoms. The molecule has 0 radical (unpaired) electrons. The highest BCUT2D eigenvalue weighted by atomic mass is 19.3. The van der Waals surface area contributed by atoms with Gasteiger partial charge < -0.3 is 5.32 Å². The van der Waals surface area contributed by atoms with Crippen molar-refractivity contribution < 1.29 is 13.6 Å². The third-order valence-electron chi connectivity index (χ3n) is 4.92. The molecule has 2 atom stereocenters. The summed E-state index contributed by atoms with van der Waals surface area (Å²) in [5, 5.41) is 5.48. The van der Waals surface area contributed by atoms with Gasteiger partial charge in [0.25, 0.3) is 5.92 Å². The van der Waals surface area contributed by atoms with Crippen LogP contribution in [0.4, 0.5) is 8.78 Å². The molecule has 2 aliphatic heterocycles. The van der Waals surface area contributed by atoms with E-state index in [9.17, 15) is 13.6 Å². The van der Waals surface area contributed by atoms with E-state index < -0.39 is 24.9 Å². The van der Waals surface area contributed by atoms with Crippen LogP contribution >= 0.6 is 0 Å². The first-order chi connectivity index (χ1) is 11.5. The zero-order chi connectivity index (χ0) is 17.0. The summed E-state index contributed by atoms with van der Waals surface area (Å²) >= 11 is 0. The molecule has 0 bridgehead atoms. The number of hydrogen-bond donors (Lipinski definition) is 2. The summed E-state index contributed by atoms with van der Waals surface area (Å²) in [5.41, 5.74) is 1.26. The number of carbonyl (C=O) groups excluding carboxylic acids is 1. The fraction of sp³-hybridized carbons (Fsp3) is 0.611. The topological polar surface area (TPSA) is 44.4 Å². The van der Waals surface area contributed by atoms with Gasteiger partial charge in [-0.2, -0.15) is 0 Å². The van der Waals surface area contributed by atoms with Gasteiger partial charge in [-0.05, 0) is 24.9 Å². The van der Waals surface area contributed by atoms with Crippen molar-refractivity contribution in [3.05, 3.63) is 35.9 Å². The van der Waals surface area contributed by atoms with Crippen LogP contribution in [0.2, 0.25) is 0 Å². The molecule has 2 N–H and O–H groups in total. The molecule has 2 fully saturated rings. The molecule has 0 spiro atoms. The summed E-state index contributed by atoms with van der Waals surface area (Å²) in [4.78, 5) is 14.5. The van der Waals surface area contributed by atoms with E-state index in [1.54, 1.807) is 0 Å². The number of benzene rings is 1. The SMILES string of the molecule is O=C(NCC1CCCCN1Cc1ccccc1)C1CC(F)(F)CN1. The Hall–Kier alpha value is -1.53. The second kappa shape index (κ2) is 7.57. The van der Waals surface area contributed by atoms with Gasteiger partial charge in [0.2, 0.25) is 5.91 Å². The maximum atomic E-state index is 13.2. The van der Waals surface area contributed by atoms with Crippen LogP contribution in [0.25, 0.3) is 0 Å². The number of hydrogen-bond acceptors (Lipinski definition) is 3. The lowest BCUT2D eigenvalue weighted by Gasteiger charge is -2.36. The standard InChI is InChI=1S/C18H25F2N3O/c19-18(20)10-16(22-13-18)17(24)21-11-15-8-4-5-9-23(15)12-14-6-2-1-3-7-14/h1-3,6-7,15-16,22H,4-5,8-13H2,(H,21,24). The molecule has 2 saturated heterocycles. The Morgan fingerprint density at radius 3 is 2.79 bits per heavy atom. The number of likely N-dealkylation sites (tertiary alicyclic amines) is 1. The van der Waals surface area contributed by atoms with Crippen molar-refractivity contribution >= 4 is 5.91 Å². The fourth-order valence-electron chi connectivity index (χ4n) is 3.56. The van der Waals surface area contributed by atoms with Gasteiger partial charge in [0.1, 0.15) is 0 Å². The molecule has 2 unspecified atom stereocenters. The summed E-state index contributed by atoms with van der Waals surface area (Å²) in [6, 6.07) is 9.77. The highest BCUT2D eigenvalue weighted by Gasteiger charge is 2.42. The first-order valence-electron chi connectivity index (χ1n) is 8.70. The maximum Gasteiger partial charge on any atom is 0.262 e. The summed E-state index contributed by atoms with van der Waals surface area (Å²) in [5.74, 6) is -3.08. The maximum absolute atomic E-state index is 13.2. The van der Waals surface area contributed by atoms with Crippen LogP contribution < -0.4 is 10.6 Å². The first-order valence-corrected chi connectivity index (χ1v) is 8.70. The predicted octanol–water partition coefficient (Wildman–Crippen LogP) is 2.15. The van der Waals surface area contributed by atoms with Crippen LogP contribution in [0.3, 0.4) is 0 Å². The van der Waals surface area contributed by atoms with Crippen molar-refractivity contribution in [2.75, 3.05) is 19.6 Å². The molecule has 1 aromatic carbocycles. The third-order valence-corrected chi connectivity index (χ3v) is 4.92. The van der Waals surface area contributed by atoms with Gasteiger partial charge in [-0.25, -0.2) is 8.78 Å². The largest absolute Gasteiger partial charge is 0.353 e. The van der Waals surface area contributed by atoms with Gasteiger partial charge in [-0.3, -0.25) is 15.0 Å². The normalized spacial score (nSPS) is 27.1. The molecule has 132 valence electrons. The molecule has 2 aliphatic rings. The predicted molar refractivity (Wildman–Crippen MR) is 88.9 cm³/mol. The molecule has 0 saturated carbocycles. The average molecular weight is 337 g/mol. The molecule has 2 heterocycles. The fourth-order valence-corrected chi connectivity index (χ4v) is 3.56. The molecule has 4 nitrogen and oxygen atoms in total. The monoisotopic (exact) mass is 337 g/mol. The lowest BCUT2D eigenvalue weighted by molar-refractivity contribution is -0.123. The number of rotatable bonds is 5. The highest BCUT2D eigenvalue weighted by molar-refractivity contribution is 5.82. The molecular weight excluding hydrogens is 312 g/mol. The smallest absolute Gasteiger partial charge is 0.262 e. The van der Waals surface area contributed by atoms with Crippen LogP contribution in [0, 0.1) is 0 Å². The number of nitrogens with zero attached hydrogens (tertiary/aromatic N) is 1. The van der Waals surface area contributed by atoms with Gasteiger partial charge in [0.15, 0.2) is 0 Å². The Balaban J connectivity index is 1.51. The summed E-state index contributed by atoms with van der Waals surface area (Å²) < 4.78 is 26.4. The van der Waals surface area contributed by atoms with E-state index in [1.807, 2.05) is 18.2 Å². The number of amides is 1. The molecule has 6 heteroatoms. The quantitative estimate of drug-likeness (QED) is 0.865.